The van der Waals surface area contributed by atoms with Crippen molar-refractivity contribution in [2.75, 3.05) is 11.1 Å². The maximum atomic E-state index is 12.9. The van der Waals surface area contributed by atoms with Crippen LogP contribution in [0.4, 0.5) is 14.9 Å². The number of nitrogens with one attached hydrogen (secondary N) is 2. The van der Waals surface area contributed by atoms with Gasteiger partial charge in [0.2, 0.25) is 10.0 Å². The lowest BCUT2D eigenvalue weighted by molar-refractivity contribution is 0.0793. The van der Waals surface area contributed by atoms with E-state index in [0.717, 1.165) is 19.3 Å². The number of unbranched alkanes of at least 4 members (excludes halogenated alkanes) is 1. The lowest BCUT2D eigenvalue weighted by Crippen LogP contribution is -2.42. The predicted molar refractivity (Wildman–Crippen MR) is 94.4 cm³/mol. The van der Waals surface area contributed by atoms with Crippen molar-refractivity contribution in [1.82, 2.24) is 4.72 Å². The fourth-order valence-corrected chi connectivity index (χ4v) is 4.35. The summed E-state index contributed by atoms with van der Waals surface area (Å²) < 4.78 is 44.9. The maximum Gasteiger partial charge on any atom is 0.411 e. The molecule has 0 heterocycles. The zero-order chi connectivity index (χ0) is 18.3. The SMILES string of the molecule is CCCCS(=O)(=O)N[C@H]1CCC[C@@H](OC(=O)Nc2ccc(F)cc2)C1. The molecule has 1 fully saturated rings. The molecular formula is C17H25FN2O4S. The van der Waals surface area contributed by atoms with Crippen LogP contribution in [-0.4, -0.2) is 32.4 Å². The number of hydrogen-bond donors (Lipinski definition) is 2. The quantitative estimate of drug-likeness (QED) is 0.768. The van der Waals surface area contributed by atoms with Crippen molar-refractivity contribution in [2.24, 2.45) is 0 Å². The number of carbonyl (C=O) groups is 1. The van der Waals surface area contributed by atoms with Gasteiger partial charge in [-0.2, -0.15) is 0 Å². The summed E-state index contributed by atoms with van der Waals surface area (Å²) in [6, 6.07) is 5.18. The van der Waals surface area contributed by atoms with Crippen LogP contribution in [-0.2, 0) is 14.8 Å². The Labute approximate surface area is 148 Å². The van der Waals surface area contributed by atoms with Crippen LogP contribution in [0.25, 0.3) is 0 Å². The Morgan fingerprint density at radius 2 is 2.00 bits per heavy atom. The minimum atomic E-state index is -3.29. The van der Waals surface area contributed by atoms with Gasteiger partial charge in [0.15, 0.2) is 0 Å². The number of amides is 1. The van der Waals surface area contributed by atoms with Crippen molar-refractivity contribution in [3.63, 3.8) is 0 Å². The lowest BCUT2D eigenvalue weighted by atomic mass is 9.94. The van der Waals surface area contributed by atoms with Crippen molar-refractivity contribution in [3.05, 3.63) is 30.1 Å². The zero-order valence-corrected chi connectivity index (χ0v) is 15.1. The molecule has 0 unspecified atom stereocenters. The first-order valence-electron chi connectivity index (χ1n) is 8.61. The molecule has 0 radical (unpaired) electrons. The fraction of sp³-hybridized carbons (Fsp3) is 0.588. The molecule has 1 aromatic rings. The lowest BCUT2D eigenvalue weighted by Gasteiger charge is -2.29. The van der Waals surface area contributed by atoms with Crippen LogP contribution in [0, 0.1) is 5.82 Å². The number of sulfonamides is 1. The summed E-state index contributed by atoms with van der Waals surface area (Å²) in [4.78, 5) is 11.9. The summed E-state index contributed by atoms with van der Waals surface area (Å²) in [6.45, 7) is 1.94. The highest BCUT2D eigenvalue weighted by Gasteiger charge is 2.27. The second-order valence-corrected chi connectivity index (χ2v) is 8.19. The van der Waals surface area contributed by atoms with Crippen molar-refractivity contribution >= 4 is 21.8 Å². The van der Waals surface area contributed by atoms with Gasteiger partial charge in [0.25, 0.3) is 0 Å². The first kappa shape index (κ1) is 19.7. The molecule has 140 valence electrons. The standard InChI is InChI=1S/C17H25FN2O4S/c1-2-3-11-25(22,23)20-15-5-4-6-16(12-15)24-17(21)19-14-9-7-13(18)8-10-14/h7-10,15-16,20H,2-6,11-12H2,1H3,(H,19,21)/t15-,16+/m0/s1. The molecule has 2 rings (SSSR count). The molecule has 0 spiro atoms. The molecule has 1 saturated carbocycles. The number of anilines is 1. The summed E-state index contributed by atoms with van der Waals surface area (Å²) in [5, 5.41) is 2.54. The number of rotatable bonds is 7. The van der Waals surface area contributed by atoms with Gasteiger partial charge < -0.3 is 4.74 Å². The van der Waals surface area contributed by atoms with Crippen molar-refractivity contribution in [2.45, 2.75) is 57.6 Å². The Kier molecular flexibility index (Phi) is 7.19. The van der Waals surface area contributed by atoms with E-state index in [0.29, 0.717) is 24.9 Å². The van der Waals surface area contributed by atoms with Crippen LogP contribution in [0.3, 0.4) is 0 Å². The normalized spacial score (nSPS) is 20.9. The Bertz CT molecular complexity index is 664. The highest BCUT2D eigenvalue weighted by molar-refractivity contribution is 7.89. The van der Waals surface area contributed by atoms with E-state index in [4.69, 9.17) is 4.74 Å². The van der Waals surface area contributed by atoms with Gasteiger partial charge in [-0.1, -0.05) is 13.3 Å². The molecule has 2 atom stereocenters. The molecule has 2 N–H and O–H groups in total. The van der Waals surface area contributed by atoms with Gasteiger partial charge in [-0.3, -0.25) is 5.32 Å². The third-order valence-electron chi connectivity index (χ3n) is 4.10. The second-order valence-electron chi connectivity index (χ2n) is 6.31. The molecular weight excluding hydrogens is 347 g/mol. The van der Waals surface area contributed by atoms with E-state index in [-0.39, 0.29) is 23.7 Å². The van der Waals surface area contributed by atoms with Crippen LogP contribution >= 0.6 is 0 Å². The van der Waals surface area contributed by atoms with Gasteiger partial charge >= 0.3 is 6.09 Å². The van der Waals surface area contributed by atoms with Crippen molar-refractivity contribution in [1.29, 1.82) is 0 Å². The average Bonchev–Trinajstić information content (AvgIpc) is 2.55. The summed E-state index contributed by atoms with van der Waals surface area (Å²) in [7, 11) is -3.29. The third-order valence-corrected chi connectivity index (χ3v) is 5.62. The van der Waals surface area contributed by atoms with Gasteiger partial charge in [-0.05, 0) is 49.9 Å². The molecule has 0 saturated heterocycles. The molecule has 8 heteroatoms. The van der Waals surface area contributed by atoms with Gasteiger partial charge in [-0.15, -0.1) is 0 Å². The first-order valence-corrected chi connectivity index (χ1v) is 10.3. The van der Waals surface area contributed by atoms with E-state index in [2.05, 4.69) is 10.0 Å². The number of ether oxygens (including phenoxy) is 1. The van der Waals surface area contributed by atoms with Gasteiger partial charge in [0, 0.05) is 18.2 Å². The Morgan fingerprint density at radius 1 is 1.28 bits per heavy atom. The van der Waals surface area contributed by atoms with E-state index >= 15 is 0 Å². The van der Waals surface area contributed by atoms with Crippen LogP contribution in [0.15, 0.2) is 24.3 Å². The van der Waals surface area contributed by atoms with E-state index < -0.39 is 16.1 Å². The second kappa shape index (κ2) is 9.15. The highest BCUT2D eigenvalue weighted by atomic mass is 32.2. The van der Waals surface area contributed by atoms with Gasteiger partial charge in [0.1, 0.15) is 11.9 Å². The first-order chi connectivity index (χ1) is 11.9. The van der Waals surface area contributed by atoms with E-state index in [1.807, 2.05) is 6.92 Å². The summed E-state index contributed by atoms with van der Waals surface area (Å²) in [5.41, 5.74) is 0.444. The molecule has 1 aliphatic carbocycles. The van der Waals surface area contributed by atoms with Crippen molar-refractivity contribution in [3.8, 4) is 0 Å². The highest BCUT2D eigenvalue weighted by Crippen LogP contribution is 2.22. The number of benzene rings is 1. The number of halogens is 1. The Hall–Kier alpha value is -1.67. The van der Waals surface area contributed by atoms with E-state index in [9.17, 15) is 17.6 Å². The largest absolute Gasteiger partial charge is 0.446 e. The maximum absolute atomic E-state index is 12.9. The minimum Gasteiger partial charge on any atom is -0.446 e. The van der Waals surface area contributed by atoms with Crippen LogP contribution in [0.1, 0.15) is 45.4 Å². The molecule has 0 aliphatic heterocycles. The molecule has 1 amide bonds. The molecule has 25 heavy (non-hydrogen) atoms. The molecule has 6 nitrogen and oxygen atoms in total. The zero-order valence-electron chi connectivity index (χ0n) is 14.3. The van der Waals surface area contributed by atoms with Crippen LogP contribution in [0.2, 0.25) is 0 Å². The van der Waals surface area contributed by atoms with E-state index in [1.165, 1.54) is 24.3 Å². The fourth-order valence-electron chi connectivity index (χ4n) is 2.84. The number of carbonyl (C=O) groups excluding carboxylic acids is 1. The summed E-state index contributed by atoms with van der Waals surface area (Å²) in [5.74, 6) is -0.263. The predicted octanol–water partition coefficient (Wildman–Crippen LogP) is 3.40. The van der Waals surface area contributed by atoms with Crippen molar-refractivity contribution < 1.29 is 22.3 Å². The molecule has 1 aliphatic rings. The topological polar surface area (TPSA) is 84.5 Å². The van der Waals surface area contributed by atoms with E-state index in [1.54, 1.807) is 0 Å². The van der Waals surface area contributed by atoms with Gasteiger partial charge in [0.05, 0.1) is 5.75 Å². The summed E-state index contributed by atoms with van der Waals surface area (Å²) >= 11 is 0. The molecule has 0 bridgehead atoms. The molecule has 0 aromatic heterocycles. The Morgan fingerprint density at radius 3 is 2.68 bits per heavy atom. The number of hydrogen-bond acceptors (Lipinski definition) is 4. The minimum absolute atomic E-state index is 0.122. The monoisotopic (exact) mass is 372 g/mol. The Balaban J connectivity index is 1.82. The molecule has 1 aromatic carbocycles. The average molecular weight is 372 g/mol. The van der Waals surface area contributed by atoms with Crippen LogP contribution in [0.5, 0.6) is 0 Å². The van der Waals surface area contributed by atoms with Crippen LogP contribution < -0.4 is 10.0 Å². The summed E-state index contributed by atoms with van der Waals surface area (Å²) in [6.07, 6.45) is 3.18. The van der Waals surface area contributed by atoms with Gasteiger partial charge in [-0.25, -0.2) is 22.3 Å². The smallest absolute Gasteiger partial charge is 0.411 e. The third kappa shape index (κ3) is 6.99.